The number of nitrogens with zero attached hydrogens (tertiary/aromatic N) is 4. The van der Waals surface area contributed by atoms with Crippen molar-refractivity contribution in [2.24, 2.45) is 17.8 Å². The van der Waals surface area contributed by atoms with E-state index in [2.05, 4.69) is 14.3 Å². The van der Waals surface area contributed by atoms with E-state index in [9.17, 15) is 14.7 Å². The van der Waals surface area contributed by atoms with Crippen molar-refractivity contribution >= 4 is 28.5 Å². The van der Waals surface area contributed by atoms with E-state index in [1.165, 1.54) is 11.5 Å². The number of esters is 1. The molecule has 0 radical (unpaired) electrons. The number of β-amino-alcohol motifs (C(OH)–C–C–N with tert-alkyl or cyclic N) is 1. The second kappa shape index (κ2) is 7.11. The van der Waals surface area contributed by atoms with Gasteiger partial charge in [0.2, 0.25) is 11.0 Å². The third-order valence-electron chi connectivity index (χ3n) is 6.69. The lowest BCUT2D eigenvalue weighted by atomic mass is 9.95. The van der Waals surface area contributed by atoms with Gasteiger partial charge in [0.25, 0.3) is 0 Å². The van der Waals surface area contributed by atoms with Gasteiger partial charge in [-0.2, -0.15) is 4.37 Å². The molecule has 158 valence electrons. The first-order chi connectivity index (χ1) is 14.3. The highest BCUT2D eigenvalue weighted by Gasteiger charge is 2.60. The van der Waals surface area contributed by atoms with Gasteiger partial charge in [0.1, 0.15) is 12.4 Å². The molecule has 9 heteroatoms. The van der Waals surface area contributed by atoms with Crippen molar-refractivity contribution in [3.63, 3.8) is 0 Å². The summed E-state index contributed by atoms with van der Waals surface area (Å²) in [6, 6.07) is 3.57. The van der Waals surface area contributed by atoms with Gasteiger partial charge < -0.3 is 9.84 Å². The number of aliphatic hydroxyl groups is 1. The Morgan fingerprint density at radius 1 is 1.37 bits per heavy atom. The van der Waals surface area contributed by atoms with Crippen LogP contribution in [0.3, 0.4) is 0 Å². The van der Waals surface area contributed by atoms with Crippen molar-refractivity contribution in [3.8, 4) is 0 Å². The fourth-order valence-corrected chi connectivity index (χ4v) is 5.58. The van der Waals surface area contributed by atoms with Crippen LogP contribution >= 0.6 is 11.5 Å². The molecule has 0 spiro atoms. The number of piperidine rings is 1. The molecule has 3 heterocycles. The van der Waals surface area contributed by atoms with Crippen molar-refractivity contribution in [2.75, 3.05) is 31.6 Å². The molecule has 3 atom stereocenters. The lowest BCUT2D eigenvalue weighted by Gasteiger charge is -2.24. The number of fused-ring (bicyclic) bond motifs is 2. The Kier molecular flexibility index (Phi) is 4.64. The molecule has 8 nitrogen and oxygen atoms in total. The summed E-state index contributed by atoms with van der Waals surface area (Å²) in [5.74, 6) is 1.22. The van der Waals surface area contributed by atoms with Crippen LogP contribution in [-0.4, -0.2) is 57.9 Å². The number of ether oxygens (including phenoxy) is 1. The van der Waals surface area contributed by atoms with Crippen LogP contribution in [0.25, 0.3) is 0 Å². The van der Waals surface area contributed by atoms with Gasteiger partial charge in [-0.3, -0.25) is 14.6 Å². The summed E-state index contributed by atoms with van der Waals surface area (Å²) < 4.78 is 9.26. The number of benzene rings is 1. The van der Waals surface area contributed by atoms with E-state index in [-0.39, 0.29) is 24.4 Å². The number of carbonyl (C=O) groups is 2. The quantitative estimate of drug-likeness (QED) is 0.724. The molecule has 0 bridgehead atoms. The number of anilines is 1. The molecule has 5 rings (SSSR count). The Bertz CT molecular complexity index is 1030. The Morgan fingerprint density at radius 3 is 2.77 bits per heavy atom. The molecule has 30 heavy (non-hydrogen) atoms. The second-order valence-corrected chi connectivity index (χ2v) is 9.22. The molecule has 2 aromatic rings. The van der Waals surface area contributed by atoms with E-state index < -0.39 is 6.10 Å². The number of carbonyl (C=O) groups excluding carboxylic acids is 2. The molecule has 2 fully saturated rings. The topological polar surface area (TPSA) is 95.9 Å². The number of rotatable bonds is 5. The zero-order valence-electron chi connectivity index (χ0n) is 17.2. The number of hydrogen-bond acceptors (Lipinski definition) is 8. The molecule has 1 N–H and O–H groups in total. The van der Waals surface area contributed by atoms with Gasteiger partial charge in [-0.05, 0) is 42.9 Å². The van der Waals surface area contributed by atoms with Crippen LogP contribution in [0, 0.1) is 31.6 Å². The molecule has 3 unspecified atom stereocenters. The Balaban J connectivity index is 1.19. The lowest BCUT2D eigenvalue weighted by Crippen LogP contribution is -2.35. The molecular weight excluding hydrogens is 404 g/mol. The van der Waals surface area contributed by atoms with Gasteiger partial charge in [-0.25, -0.2) is 9.78 Å². The predicted molar refractivity (Wildman–Crippen MR) is 110 cm³/mol. The van der Waals surface area contributed by atoms with Crippen molar-refractivity contribution in [1.29, 1.82) is 0 Å². The van der Waals surface area contributed by atoms with Crippen LogP contribution in [0.4, 0.5) is 5.13 Å². The average molecular weight is 429 g/mol. The summed E-state index contributed by atoms with van der Waals surface area (Å²) in [6.45, 7) is 6.18. The zero-order valence-corrected chi connectivity index (χ0v) is 18.0. The number of aromatic nitrogens is 2. The van der Waals surface area contributed by atoms with E-state index in [1.54, 1.807) is 18.0 Å². The van der Waals surface area contributed by atoms with Crippen molar-refractivity contribution in [3.05, 3.63) is 40.2 Å². The van der Waals surface area contributed by atoms with Gasteiger partial charge in [0, 0.05) is 49.7 Å². The van der Waals surface area contributed by atoms with Crippen LogP contribution in [0.15, 0.2) is 12.1 Å². The Morgan fingerprint density at radius 2 is 2.10 bits per heavy atom. The summed E-state index contributed by atoms with van der Waals surface area (Å²) in [5, 5.41) is 11.5. The average Bonchev–Trinajstić information content (AvgIpc) is 3.09. The fraction of sp³-hybridized carbons (Fsp3) is 0.524. The van der Waals surface area contributed by atoms with Crippen molar-refractivity contribution in [1.82, 2.24) is 14.3 Å². The Labute approximate surface area is 178 Å². The molecule has 1 saturated carbocycles. The molecule has 1 aromatic heterocycles. The maximum absolute atomic E-state index is 12.8. The van der Waals surface area contributed by atoms with E-state index in [1.807, 2.05) is 19.9 Å². The number of hydrogen-bond donors (Lipinski definition) is 1. The fourth-order valence-electron chi connectivity index (χ4n) is 4.94. The number of likely N-dealkylation sites (tertiary alicyclic amines) is 1. The third kappa shape index (κ3) is 3.12. The third-order valence-corrected chi connectivity index (χ3v) is 7.57. The highest BCUT2D eigenvalue weighted by molar-refractivity contribution is 7.09. The standard InChI is InChI=1S/C21H24N4O4S/c1-10-12(4-5-13-16(10)9-29-20(13)28)17(26)8-25-6-14-15(7-25)18(14)19(27)24(3)21-22-11(2)23-30-21/h4-5,14-15,17-18,26H,6-9H2,1-3H3. The first-order valence-electron chi connectivity index (χ1n) is 10.1. The molecular formula is C21H24N4O4S. The van der Waals surface area contributed by atoms with Gasteiger partial charge in [0.15, 0.2) is 0 Å². The first kappa shape index (κ1) is 19.6. The largest absolute Gasteiger partial charge is 0.457 e. The molecule has 1 saturated heterocycles. The minimum Gasteiger partial charge on any atom is -0.457 e. The number of aliphatic hydroxyl groups excluding tert-OH is 1. The lowest BCUT2D eigenvalue weighted by molar-refractivity contribution is -0.120. The number of amides is 1. The smallest absolute Gasteiger partial charge is 0.338 e. The van der Waals surface area contributed by atoms with Gasteiger partial charge >= 0.3 is 5.97 Å². The zero-order chi connectivity index (χ0) is 21.2. The monoisotopic (exact) mass is 428 g/mol. The van der Waals surface area contributed by atoms with E-state index in [4.69, 9.17) is 4.74 Å². The van der Waals surface area contributed by atoms with Crippen LogP contribution in [0.2, 0.25) is 0 Å². The minimum atomic E-state index is -0.635. The SMILES string of the molecule is Cc1nsc(N(C)C(=O)C2C3CN(CC(O)c4ccc5c(c4C)COC5=O)CC32)n1. The highest BCUT2D eigenvalue weighted by atomic mass is 32.1. The highest BCUT2D eigenvalue weighted by Crippen LogP contribution is 2.53. The summed E-state index contributed by atoms with van der Waals surface area (Å²) in [7, 11) is 1.77. The minimum absolute atomic E-state index is 0.0393. The summed E-state index contributed by atoms with van der Waals surface area (Å²) in [6.07, 6.45) is -0.635. The van der Waals surface area contributed by atoms with Crippen LogP contribution in [0.5, 0.6) is 0 Å². The number of aryl methyl sites for hydroxylation is 1. The van der Waals surface area contributed by atoms with E-state index >= 15 is 0 Å². The molecule has 1 aromatic carbocycles. The first-order valence-corrected chi connectivity index (χ1v) is 10.9. The molecule has 2 aliphatic heterocycles. The van der Waals surface area contributed by atoms with Crippen molar-refractivity contribution < 1.29 is 19.4 Å². The predicted octanol–water partition coefficient (Wildman–Crippen LogP) is 1.70. The van der Waals surface area contributed by atoms with Gasteiger partial charge in [-0.1, -0.05) is 6.07 Å². The van der Waals surface area contributed by atoms with Crippen LogP contribution < -0.4 is 4.90 Å². The second-order valence-electron chi connectivity index (χ2n) is 8.49. The van der Waals surface area contributed by atoms with E-state index in [0.717, 1.165) is 29.8 Å². The summed E-state index contributed by atoms with van der Waals surface area (Å²) in [5.41, 5.74) is 3.24. The van der Waals surface area contributed by atoms with E-state index in [0.29, 0.717) is 34.9 Å². The van der Waals surface area contributed by atoms with Gasteiger partial charge in [-0.15, -0.1) is 0 Å². The maximum Gasteiger partial charge on any atom is 0.338 e. The van der Waals surface area contributed by atoms with Crippen molar-refractivity contribution in [2.45, 2.75) is 26.6 Å². The summed E-state index contributed by atoms with van der Waals surface area (Å²) >= 11 is 1.25. The van der Waals surface area contributed by atoms with Crippen LogP contribution in [0.1, 0.15) is 39.0 Å². The van der Waals surface area contributed by atoms with Gasteiger partial charge in [0.05, 0.1) is 11.7 Å². The van der Waals surface area contributed by atoms with Crippen LogP contribution in [-0.2, 0) is 16.1 Å². The normalized spacial score (nSPS) is 25.6. The summed E-state index contributed by atoms with van der Waals surface area (Å²) in [4.78, 5) is 32.7. The molecule has 1 aliphatic carbocycles. The molecule has 3 aliphatic rings. The number of cyclic esters (lactones) is 1. The maximum atomic E-state index is 12.8. The molecule has 1 amide bonds. The Hall–Kier alpha value is -2.36.